The highest BCUT2D eigenvalue weighted by Crippen LogP contribution is 2.22. The lowest BCUT2D eigenvalue weighted by molar-refractivity contribution is 0.272. The number of aliphatic hydroxyl groups excluding tert-OH is 1. The second kappa shape index (κ2) is 8.57. The van der Waals surface area contributed by atoms with Gasteiger partial charge in [-0.25, -0.2) is 0 Å². The molecule has 0 aliphatic rings. The van der Waals surface area contributed by atoms with Crippen LogP contribution in [-0.2, 0) is 0 Å². The molecule has 22 heavy (non-hydrogen) atoms. The third-order valence-corrected chi connectivity index (χ3v) is 4.01. The summed E-state index contributed by atoms with van der Waals surface area (Å²) in [5, 5.41) is 12.9. The first-order chi connectivity index (χ1) is 10.7. The Bertz CT molecular complexity index is 556. The number of hydrogen-bond acceptors (Lipinski definition) is 3. The summed E-state index contributed by atoms with van der Waals surface area (Å²) in [5.74, 6) is 1.19. The summed E-state index contributed by atoms with van der Waals surface area (Å²) in [5.41, 5.74) is 2.47. The van der Waals surface area contributed by atoms with Crippen molar-refractivity contribution in [3.05, 3.63) is 65.7 Å². The van der Waals surface area contributed by atoms with E-state index >= 15 is 0 Å². The van der Waals surface area contributed by atoms with E-state index in [0.29, 0.717) is 5.92 Å². The molecule has 2 N–H and O–H groups in total. The number of rotatable bonds is 8. The Morgan fingerprint density at radius 1 is 1.05 bits per heavy atom. The van der Waals surface area contributed by atoms with Crippen molar-refractivity contribution < 1.29 is 9.84 Å². The molecule has 0 heterocycles. The Balaban J connectivity index is 1.99. The molecule has 0 saturated heterocycles. The fraction of sp³-hybridized carbons (Fsp3) is 0.368. The van der Waals surface area contributed by atoms with E-state index in [0.717, 1.165) is 18.7 Å². The van der Waals surface area contributed by atoms with Gasteiger partial charge < -0.3 is 15.2 Å². The molecule has 0 aliphatic heterocycles. The second-order valence-corrected chi connectivity index (χ2v) is 5.53. The van der Waals surface area contributed by atoms with Gasteiger partial charge in [-0.2, -0.15) is 0 Å². The largest absolute Gasteiger partial charge is 0.497 e. The smallest absolute Gasteiger partial charge is 0.119 e. The maximum Gasteiger partial charge on any atom is 0.119 e. The maximum absolute atomic E-state index is 9.30. The molecule has 0 amide bonds. The third kappa shape index (κ3) is 4.58. The first-order valence-corrected chi connectivity index (χ1v) is 7.77. The van der Waals surface area contributed by atoms with E-state index in [1.165, 1.54) is 11.1 Å². The van der Waals surface area contributed by atoms with Crippen molar-refractivity contribution in [3.63, 3.8) is 0 Å². The minimum absolute atomic E-state index is 0.203. The van der Waals surface area contributed by atoms with Gasteiger partial charge in [0.05, 0.1) is 7.11 Å². The molecular formula is C19H25NO2. The van der Waals surface area contributed by atoms with Crippen LogP contribution in [0, 0.1) is 0 Å². The summed E-state index contributed by atoms with van der Waals surface area (Å²) in [7, 11) is 1.68. The monoisotopic (exact) mass is 299 g/mol. The lowest BCUT2D eigenvalue weighted by atomic mass is 9.95. The molecule has 2 aromatic rings. The zero-order valence-corrected chi connectivity index (χ0v) is 13.3. The molecule has 0 fully saturated rings. The number of nitrogens with one attached hydrogen (secondary N) is 1. The Morgan fingerprint density at radius 2 is 1.77 bits per heavy atom. The van der Waals surface area contributed by atoms with Crippen molar-refractivity contribution in [1.29, 1.82) is 0 Å². The highest BCUT2D eigenvalue weighted by molar-refractivity contribution is 5.30. The van der Waals surface area contributed by atoms with E-state index < -0.39 is 0 Å². The molecule has 2 unspecified atom stereocenters. The minimum Gasteiger partial charge on any atom is -0.497 e. The van der Waals surface area contributed by atoms with Gasteiger partial charge in [-0.3, -0.25) is 0 Å². The van der Waals surface area contributed by atoms with Crippen LogP contribution in [0.2, 0.25) is 0 Å². The Hall–Kier alpha value is -1.84. The zero-order chi connectivity index (χ0) is 15.8. The molecular weight excluding hydrogens is 274 g/mol. The summed E-state index contributed by atoms with van der Waals surface area (Å²) in [4.78, 5) is 0. The number of aliphatic hydroxyl groups is 1. The van der Waals surface area contributed by atoms with E-state index in [1.807, 2.05) is 30.3 Å². The van der Waals surface area contributed by atoms with Crippen molar-refractivity contribution in [3.8, 4) is 5.75 Å². The van der Waals surface area contributed by atoms with Gasteiger partial charge in [0.15, 0.2) is 0 Å². The molecule has 2 rings (SSSR count). The fourth-order valence-corrected chi connectivity index (χ4v) is 2.62. The molecule has 3 nitrogen and oxygen atoms in total. The quantitative estimate of drug-likeness (QED) is 0.784. The number of hydrogen-bond donors (Lipinski definition) is 2. The van der Waals surface area contributed by atoms with Gasteiger partial charge in [0.25, 0.3) is 0 Å². The van der Waals surface area contributed by atoms with Crippen molar-refractivity contribution in [2.75, 3.05) is 20.3 Å². The van der Waals surface area contributed by atoms with Crippen LogP contribution in [0.15, 0.2) is 54.6 Å². The predicted octanol–water partition coefficient (Wildman–Crippen LogP) is 3.51. The van der Waals surface area contributed by atoms with Gasteiger partial charge in [0.2, 0.25) is 0 Å². The van der Waals surface area contributed by atoms with Gasteiger partial charge in [-0.05, 0) is 42.5 Å². The molecule has 0 spiro atoms. The predicted molar refractivity (Wildman–Crippen MR) is 90.3 cm³/mol. The molecule has 0 radical (unpaired) electrons. The Morgan fingerprint density at radius 3 is 2.45 bits per heavy atom. The second-order valence-electron chi connectivity index (χ2n) is 5.53. The SMILES string of the molecule is COc1cccc(C(C)NCC(CCO)c2ccccc2)c1. The van der Waals surface area contributed by atoms with Crippen LogP contribution in [-0.4, -0.2) is 25.4 Å². The summed E-state index contributed by atoms with van der Waals surface area (Å²) in [6, 6.07) is 18.7. The molecule has 2 aromatic carbocycles. The van der Waals surface area contributed by atoms with Gasteiger partial charge in [-0.15, -0.1) is 0 Å². The Kier molecular flexibility index (Phi) is 6.44. The first kappa shape index (κ1) is 16.5. The van der Waals surface area contributed by atoms with Crippen LogP contribution in [0.25, 0.3) is 0 Å². The fourth-order valence-electron chi connectivity index (χ4n) is 2.62. The third-order valence-electron chi connectivity index (χ3n) is 4.01. The van der Waals surface area contributed by atoms with E-state index in [9.17, 15) is 5.11 Å². The molecule has 118 valence electrons. The van der Waals surface area contributed by atoms with Crippen molar-refractivity contribution in [1.82, 2.24) is 5.32 Å². The average molecular weight is 299 g/mol. The van der Waals surface area contributed by atoms with Gasteiger partial charge in [0, 0.05) is 19.2 Å². The normalized spacial score (nSPS) is 13.6. The van der Waals surface area contributed by atoms with Crippen LogP contribution in [0.1, 0.15) is 36.4 Å². The lowest BCUT2D eigenvalue weighted by Crippen LogP contribution is -2.25. The number of methoxy groups -OCH3 is 1. The molecule has 2 atom stereocenters. The van der Waals surface area contributed by atoms with E-state index in [1.54, 1.807) is 7.11 Å². The van der Waals surface area contributed by atoms with Crippen LogP contribution in [0.3, 0.4) is 0 Å². The standard InChI is InChI=1S/C19H25NO2/c1-15(17-9-6-10-19(13-17)22-2)20-14-18(11-12-21)16-7-4-3-5-8-16/h3-10,13,15,18,20-21H,11-12,14H2,1-2H3. The van der Waals surface area contributed by atoms with Gasteiger partial charge in [0.1, 0.15) is 5.75 Å². The molecule has 0 aliphatic carbocycles. The number of ether oxygens (including phenoxy) is 1. The van der Waals surface area contributed by atoms with Gasteiger partial charge in [-0.1, -0.05) is 42.5 Å². The molecule has 3 heteroatoms. The summed E-state index contributed by atoms with van der Waals surface area (Å²) in [6.07, 6.45) is 0.766. The summed E-state index contributed by atoms with van der Waals surface area (Å²) < 4.78 is 5.28. The highest BCUT2D eigenvalue weighted by atomic mass is 16.5. The zero-order valence-electron chi connectivity index (χ0n) is 13.3. The average Bonchev–Trinajstić information content (AvgIpc) is 2.59. The van der Waals surface area contributed by atoms with E-state index in [2.05, 4.69) is 36.5 Å². The van der Waals surface area contributed by atoms with Crippen molar-refractivity contribution >= 4 is 0 Å². The minimum atomic E-state index is 0.203. The lowest BCUT2D eigenvalue weighted by Gasteiger charge is -2.21. The number of benzene rings is 2. The topological polar surface area (TPSA) is 41.5 Å². The van der Waals surface area contributed by atoms with E-state index in [4.69, 9.17) is 4.74 Å². The van der Waals surface area contributed by atoms with Crippen LogP contribution >= 0.6 is 0 Å². The van der Waals surface area contributed by atoms with E-state index in [-0.39, 0.29) is 12.6 Å². The Labute approximate surface area is 133 Å². The molecule has 0 saturated carbocycles. The van der Waals surface area contributed by atoms with Crippen molar-refractivity contribution in [2.45, 2.75) is 25.3 Å². The van der Waals surface area contributed by atoms with Crippen LogP contribution in [0.5, 0.6) is 5.75 Å². The summed E-state index contributed by atoms with van der Waals surface area (Å²) in [6.45, 7) is 3.19. The van der Waals surface area contributed by atoms with Crippen LogP contribution in [0.4, 0.5) is 0 Å². The van der Waals surface area contributed by atoms with Gasteiger partial charge >= 0.3 is 0 Å². The molecule has 0 bridgehead atoms. The first-order valence-electron chi connectivity index (χ1n) is 7.77. The van der Waals surface area contributed by atoms with Crippen LogP contribution < -0.4 is 10.1 Å². The highest BCUT2D eigenvalue weighted by Gasteiger charge is 2.13. The molecule has 0 aromatic heterocycles. The van der Waals surface area contributed by atoms with Crippen molar-refractivity contribution in [2.24, 2.45) is 0 Å². The maximum atomic E-state index is 9.30. The summed E-state index contributed by atoms with van der Waals surface area (Å²) >= 11 is 0.